The molecule has 0 aliphatic heterocycles. The van der Waals surface area contributed by atoms with Crippen LogP contribution in [0.3, 0.4) is 0 Å². The van der Waals surface area contributed by atoms with Crippen LogP contribution in [-0.2, 0) is 0 Å². The highest BCUT2D eigenvalue weighted by Gasteiger charge is 2.11. The van der Waals surface area contributed by atoms with Gasteiger partial charge in [-0.15, -0.1) is 11.8 Å². The molecule has 0 saturated carbocycles. The summed E-state index contributed by atoms with van der Waals surface area (Å²) in [4.78, 5) is 4.80. The number of fused-ring (bicyclic) bond motifs is 1. The van der Waals surface area contributed by atoms with E-state index in [4.69, 9.17) is 4.98 Å². The highest BCUT2D eigenvalue weighted by Crippen LogP contribution is 2.20. The Morgan fingerprint density at radius 2 is 2.05 bits per heavy atom. The van der Waals surface area contributed by atoms with Gasteiger partial charge in [0, 0.05) is 11.8 Å². The molecule has 1 aromatic heterocycles. The van der Waals surface area contributed by atoms with E-state index in [1.807, 2.05) is 19.1 Å². The molecule has 2 heteroatoms. The van der Waals surface area contributed by atoms with Crippen molar-refractivity contribution < 1.29 is 0 Å². The van der Waals surface area contributed by atoms with Crippen molar-refractivity contribution in [2.75, 3.05) is 6.54 Å². The van der Waals surface area contributed by atoms with E-state index < -0.39 is 0 Å². The fraction of sp³-hybridized carbons (Fsp3) is 0.389. The lowest BCUT2D eigenvalue weighted by Gasteiger charge is -2.17. The Hall–Kier alpha value is -1.85. The highest BCUT2D eigenvalue weighted by atomic mass is 14.9. The molecule has 20 heavy (non-hydrogen) atoms. The van der Waals surface area contributed by atoms with Gasteiger partial charge < -0.3 is 5.32 Å². The van der Waals surface area contributed by atoms with Gasteiger partial charge in [-0.1, -0.05) is 31.2 Å². The quantitative estimate of drug-likeness (QED) is 0.797. The molecular weight excluding hydrogens is 244 g/mol. The minimum Gasteiger partial charge on any atom is -0.309 e. The summed E-state index contributed by atoms with van der Waals surface area (Å²) in [7, 11) is 0. The summed E-state index contributed by atoms with van der Waals surface area (Å²) in [6, 6.07) is 12.8. The second-order valence-electron chi connectivity index (χ2n) is 4.90. The van der Waals surface area contributed by atoms with Crippen LogP contribution in [0, 0.1) is 11.8 Å². The van der Waals surface area contributed by atoms with Gasteiger partial charge in [0.25, 0.3) is 0 Å². The standard InChI is InChI=1S/C18H22N2/c1-3-5-6-11-17(19-14-4-2)18-13-12-15-9-7-8-10-16(15)20-18/h7-10,12-13,17,19H,4,6,11,14H2,1-2H3. The predicted molar refractivity (Wildman–Crippen MR) is 85.5 cm³/mol. The molecule has 0 spiro atoms. The summed E-state index contributed by atoms with van der Waals surface area (Å²) in [5.74, 6) is 6.11. The molecule has 1 atom stereocenters. The van der Waals surface area contributed by atoms with Crippen LogP contribution in [0.1, 0.15) is 44.8 Å². The van der Waals surface area contributed by atoms with E-state index in [-0.39, 0.29) is 0 Å². The first-order chi connectivity index (χ1) is 9.85. The van der Waals surface area contributed by atoms with Gasteiger partial charge in [-0.2, -0.15) is 0 Å². The largest absolute Gasteiger partial charge is 0.309 e. The Bertz CT molecular complexity index is 607. The van der Waals surface area contributed by atoms with E-state index in [0.29, 0.717) is 6.04 Å². The molecule has 2 nitrogen and oxygen atoms in total. The third-order valence-electron chi connectivity index (χ3n) is 3.35. The summed E-state index contributed by atoms with van der Waals surface area (Å²) in [6.45, 7) is 5.09. The van der Waals surface area contributed by atoms with Gasteiger partial charge in [-0.25, -0.2) is 0 Å². The van der Waals surface area contributed by atoms with Crippen LogP contribution in [0.25, 0.3) is 10.9 Å². The van der Waals surface area contributed by atoms with Crippen molar-refractivity contribution in [1.29, 1.82) is 0 Å². The van der Waals surface area contributed by atoms with Gasteiger partial charge in [-0.05, 0) is 38.4 Å². The number of benzene rings is 1. The summed E-state index contributed by atoms with van der Waals surface area (Å²) in [5, 5.41) is 4.77. The zero-order valence-electron chi connectivity index (χ0n) is 12.3. The number of hydrogen-bond donors (Lipinski definition) is 1. The van der Waals surface area contributed by atoms with Crippen LogP contribution < -0.4 is 5.32 Å². The molecule has 104 valence electrons. The molecule has 2 aromatic rings. The molecule has 0 radical (unpaired) electrons. The van der Waals surface area contributed by atoms with Gasteiger partial charge in [-0.3, -0.25) is 4.98 Å². The monoisotopic (exact) mass is 266 g/mol. The molecular formula is C18H22N2. The molecule has 1 unspecified atom stereocenters. The first-order valence-electron chi connectivity index (χ1n) is 7.34. The second kappa shape index (κ2) is 7.67. The van der Waals surface area contributed by atoms with Crippen molar-refractivity contribution in [1.82, 2.24) is 10.3 Å². The smallest absolute Gasteiger partial charge is 0.0706 e. The summed E-state index contributed by atoms with van der Waals surface area (Å²) in [5.41, 5.74) is 2.19. The van der Waals surface area contributed by atoms with E-state index in [1.165, 1.54) is 5.39 Å². The molecule has 2 rings (SSSR count). The fourth-order valence-corrected chi connectivity index (χ4v) is 2.29. The van der Waals surface area contributed by atoms with Crippen LogP contribution in [0.15, 0.2) is 36.4 Å². The van der Waals surface area contributed by atoms with Crippen molar-refractivity contribution >= 4 is 10.9 Å². The lowest BCUT2D eigenvalue weighted by Crippen LogP contribution is -2.23. The summed E-state index contributed by atoms with van der Waals surface area (Å²) < 4.78 is 0. The van der Waals surface area contributed by atoms with E-state index in [9.17, 15) is 0 Å². The Morgan fingerprint density at radius 1 is 1.20 bits per heavy atom. The zero-order chi connectivity index (χ0) is 14.2. The first kappa shape index (κ1) is 14.6. The van der Waals surface area contributed by atoms with Crippen molar-refractivity contribution in [3.63, 3.8) is 0 Å². The Balaban J connectivity index is 2.21. The normalized spacial score (nSPS) is 11.9. The number of para-hydroxylation sites is 1. The predicted octanol–water partition coefficient (Wildman–Crippen LogP) is 4.08. The molecule has 1 aromatic carbocycles. The lowest BCUT2D eigenvalue weighted by atomic mass is 10.1. The molecule has 0 aliphatic rings. The van der Waals surface area contributed by atoms with Crippen LogP contribution in [0.2, 0.25) is 0 Å². The molecule has 0 aliphatic carbocycles. The van der Waals surface area contributed by atoms with Crippen LogP contribution in [0.4, 0.5) is 0 Å². The fourth-order valence-electron chi connectivity index (χ4n) is 2.29. The van der Waals surface area contributed by atoms with Crippen molar-refractivity contribution in [2.24, 2.45) is 0 Å². The number of nitrogens with zero attached hydrogens (tertiary/aromatic N) is 1. The maximum Gasteiger partial charge on any atom is 0.0706 e. The van der Waals surface area contributed by atoms with E-state index in [1.54, 1.807) is 0 Å². The van der Waals surface area contributed by atoms with Gasteiger partial charge in [0.1, 0.15) is 0 Å². The molecule has 0 saturated heterocycles. The van der Waals surface area contributed by atoms with Gasteiger partial charge in [0.05, 0.1) is 17.3 Å². The van der Waals surface area contributed by atoms with Crippen molar-refractivity contribution in [3.05, 3.63) is 42.1 Å². The van der Waals surface area contributed by atoms with Crippen molar-refractivity contribution in [3.8, 4) is 11.8 Å². The number of nitrogens with one attached hydrogen (secondary N) is 1. The highest BCUT2D eigenvalue weighted by molar-refractivity contribution is 5.78. The maximum absolute atomic E-state index is 4.80. The average molecular weight is 266 g/mol. The van der Waals surface area contributed by atoms with Gasteiger partial charge in [0.2, 0.25) is 0 Å². The number of pyridine rings is 1. The maximum atomic E-state index is 4.80. The Kier molecular flexibility index (Phi) is 5.58. The number of hydrogen-bond acceptors (Lipinski definition) is 2. The minimum atomic E-state index is 0.292. The van der Waals surface area contributed by atoms with Gasteiger partial charge >= 0.3 is 0 Å². The average Bonchev–Trinajstić information content (AvgIpc) is 2.50. The molecule has 1 N–H and O–H groups in total. The third kappa shape index (κ3) is 3.82. The summed E-state index contributed by atoms with van der Waals surface area (Å²) >= 11 is 0. The number of aromatic nitrogens is 1. The van der Waals surface area contributed by atoms with Crippen molar-refractivity contribution in [2.45, 2.75) is 39.2 Å². The third-order valence-corrected chi connectivity index (χ3v) is 3.35. The topological polar surface area (TPSA) is 24.9 Å². The Morgan fingerprint density at radius 3 is 2.85 bits per heavy atom. The van der Waals surface area contributed by atoms with E-state index in [0.717, 1.165) is 37.0 Å². The molecule has 0 amide bonds. The Labute approximate surface area is 121 Å². The molecule has 0 fully saturated rings. The van der Waals surface area contributed by atoms with E-state index in [2.05, 4.69) is 48.3 Å². The zero-order valence-corrected chi connectivity index (χ0v) is 12.3. The SMILES string of the molecule is CC#CCCC(NCCC)c1ccc2ccccc2n1. The minimum absolute atomic E-state index is 0.292. The van der Waals surface area contributed by atoms with Crippen LogP contribution in [0.5, 0.6) is 0 Å². The van der Waals surface area contributed by atoms with Gasteiger partial charge in [0.15, 0.2) is 0 Å². The van der Waals surface area contributed by atoms with Crippen LogP contribution >= 0.6 is 0 Å². The first-order valence-corrected chi connectivity index (χ1v) is 7.34. The molecule has 1 heterocycles. The lowest BCUT2D eigenvalue weighted by molar-refractivity contribution is 0.496. The second-order valence-corrected chi connectivity index (χ2v) is 4.90. The summed E-state index contributed by atoms with van der Waals surface area (Å²) in [6.07, 6.45) is 3.04. The number of rotatable bonds is 6. The molecule has 0 bridgehead atoms. The van der Waals surface area contributed by atoms with Crippen LogP contribution in [-0.4, -0.2) is 11.5 Å². The van der Waals surface area contributed by atoms with E-state index >= 15 is 0 Å².